The molecule has 0 saturated carbocycles. The fourth-order valence-corrected chi connectivity index (χ4v) is 5.31. The number of hydrogen-bond donors (Lipinski definition) is 2. The lowest BCUT2D eigenvalue weighted by Gasteiger charge is -2.02. The van der Waals surface area contributed by atoms with Gasteiger partial charge in [-0.1, -0.05) is 0 Å². The predicted octanol–water partition coefficient (Wildman–Crippen LogP) is 2.59. The van der Waals surface area contributed by atoms with Gasteiger partial charge in [0.15, 0.2) is 0 Å². The molecule has 2 aromatic rings. The second-order valence-corrected chi connectivity index (χ2v) is 8.82. The molecular formula is C11H12BrNO3S3. The van der Waals surface area contributed by atoms with Gasteiger partial charge in [0.25, 0.3) is 0 Å². The van der Waals surface area contributed by atoms with Gasteiger partial charge in [0.2, 0.25) is 10.0 Å². The van der Waals surface area contributed by atoms with Crippen LogP contribution in [0.1, 0.15) is 9.75 Å². The smallest absolute Gasteiger partial charge is 0.250 e. The maximum absolute atomic E-state index is 12.1. The zero-order valence-corrected chi connectivity index (χ0v) is 13.8. The largest absolute Gasteiger partial charge is 0.396 e. The minimum Gasteiger partial charge on any atom is -0.396 e. The van der Waals surface area contributed by atoms with Gasteiger partial charge in [-0.25, -0.2) is 13.1 Å². The van der Waals surface area contributed by atoms with Gasteiger partial charge >= 0.3 is 0 Å². The maximum Gasteiger partial charge on any atom is 0.250 e. The number of nitrogens with one attached hydrogen (secondary N) is 1. The van der Waals surface area contributed by atoms with E-state index in [1.165, 1.54) is 22.7 Å². The van der Waals surface area contributed by atoms with E-state index in [0.717, 1.165) is 14.2 Å². The minimum atomic E-state index is -3.47. The fraction of sp³-hybridized carbons (Fsp3) is 0.273. The lowest BCUT2D eigenvalue weighted by Crippen LogP contribution is -2.21. The van der Waals surface area contributed by atoms with Crippen LogP contribution in [0.2, 0.25) is 0 Å². The van der Waals surface area contributed by atoms with Crippen LogP contribution in [-0.4, -0.2) is 20.1 Å². The Morgan fingerprint density at radius 3 is 2.74 bits per heavy atom. The van der Waals surface area contributed by atoms with Crippen molar-refractivity contribution in [2.75, 3.05) is 6.61 Å². The predicted molar refractivity (Wildman–Crippen MR) is 81.2 cm³/mol. The number of sulfonamides is 1. The Hall–Kier alpha value is -0.250. The van der Waals surface area contributed by atoms with Crippen molar-refractivity contribution in [3.8, 4) is 0 Å². The van der Waals surface area contributed by atoms with Gasteiger partial charge in [-0.15, -0.1) is 22.7 Å². The Morgan fingerprint density at radius 1 is 1.32 bits per heavy atom. The van der Waals surface area contributed by atoms with Crippen molar-refractivity contribution in [3.05, 3.63) is 37.8 Å². The molecule has 2 heterocycles. The van der Waals surface area contributed by atoms with Gasteiger partial charge in [0.05, 0.1) is 0 Å². The number of aliphatic hydroxyl groups excluding tert-OH is 1. The van der Waals surface area contributed by atoms with Crippen molar-refractivity contribution in [1.29, 1.82) is 0 Å². The van der Waals surface area contributed by atoms with Crippen LogP contribution in [0.5, 0.6) is 0 Å². The normalized spacial score (nSPS) is 11.9. The quantitative estimate of drug-likeness (QED) is 0.807. The molecular weight excluding hydrogens is 370 g/mol. The van der Waals surface area contributed by atoms with E-state index in [0.29, 0.717) is 6.42 Å². The van der Waals surface area contributed by atoms with Crippen LogP contribution >= 0.6 is 38.6 Å². The molecule has 0 atom stereocenters. The molecule has 0 bridgehead atoms. The Kier molecular flexibility index (Phi) is 5.15. The van der Waals surface area contributed by atoms with Crippen molar-refractivity contribution in [1.82, 2.24) is 4.72 Å². The van der Waals surface area contributed by atoms with E-state index in [2.05, 4.69) is 20.7 Å². The fourth-order valence-electron chi connectivity index (χ4n) is 1.43. The van der Waals surface area contributed by atoms with Crippen LogP contribution in [0.3, 0.4) is 0 Å². The third kappa shape index (κ3) is 4.11. The maximum atomic E-state index is 12.1. The van der Waals surface area contributed by atoms with E-state index < -0.39 is 10.0 Å². The summed E-state index contributed by atoms with van der Waals surface area (Å²) in [5, 5.41) is 10.7. The molecule has 0 radical (unpaired) electrons. The summed E-state index contributed by atoms with van der Waals surface area (Å²) in [6, 6.07) is 5.19. The lowest BCUT2D eigenvalue weighted by molar-refractivity contribution is 0.300. The van der Waals surface area contributed by atoms with Crippen molar-refractivity contribution in [2.45, 2.75) is 17.2 Å². The van der Waals surface area contributed by atoms with Crippen LogP contribution < -0.4 is 4.72 Å². The Morgan fingerprint density at radius 2 is 2.11 bits per heavy atom. The standard InChI is InChI=1S/C11H12BrNO3S3/c12-8-5-10(17-7-8)6-13-19(15,16)11-2-1-9(18-11)3-4-14/h1-2,5,7,13-14H,3-4,6H2. The van der Waals surface area contributed by atoms with Gasteiger partial charge in [-0.3, -0.25) is 0 Å². The highest BCUT2D eigenvalue weighted by molar-refractivity contribution is 9.10. The van der Waals surface area contributed by atoms with Gasteiger partial charge in [0, 0.05) is 39.2 Å². The second kappa shape index (κ2) is 6.47. The highest BCUT2D eigenvalue weighted by Gasteiger charge is 2.16. The summed E-state index contributed by atoms with van der Waals surface area (Å²) in [6.07, 6.45) is 0.484. The van der Waals surface area contributed by atoms with Crippen LogP contribution in [0.25, 0.3) is 0 Å². The first-order valence-electron chi connectivity index (χ1n) is 5.43. The summed E-state index contributed by atoms with van der Waals surface area (Å²) >= 11 is 6.01. The molecule has 2 N–H and O–H groups in total. The van der Waals surface area contributed by atoms with E-state index in [1.54, 1.807) is 12.1 Å². The molecule has 0 fully saturated rings. The molecule has 0 aliphatic carbocycles. The summed E-state index contributed by atoms with van der Waals surface area (Å²) < 4.78 is 27.9. The van der Waals surface area contributed by atoms with Gasteiger partial charge in [-0.2, -0.15) is 0 Å². The van der Waals surface area contributed by atoms with E-state index in [1.807, 2.05) is 11.4 Å². The number of aliphatic hydroxyl groups is 1. The van der Waals surface area contributed by atoms with Crippen molar-refractivity contribution < 1.29 is 13.5 Å². The lowest BCUT2D eigenvalue weighted by atomic mass is 10.4. The number of halogens is 1. The first-order chi connectivity index (χ1) is 9.01. The molecule has 2 rings (SSSR count). The Balaban J connectivity index is 2.04. The SMILES string of the molecule is O=S(=O)(NCc1cc(Br)cs1)c1ccc(CCO)s1. The topological polar surface area (TPSA) is 66.4 Å². The average Bonchev–Trinajstić information content (AvgIpc) is 2.97. The zero-order valence-electron chi connectivity index (χ0n) is 9.80. The van der Waals surface area contributed by atoms with Crippen LogP contribution in [0, 0.1) is 0 Å². The van der Waals surface area contributed by atoms with Crippen molar-refractivity contribution in [3.63, 3.8) is 0 Å². The summed E-state index contributed by atoms with van der Waals surface area (Å²) in [4.78, 5) is 1.81. The highest BCUT2D eigenvalue weighted by atomic mass is 79.9. The van der Waals surface area contributed by atoms with Crippen LogP contribution in [0.15, 0.2) is 32.3 Å². The summed E-state index contributed by atoms with van der Waals surface area (Å²) in [7, 11) is -3.47. The average molecular weight is 382 g/mol. The summed E-state index contributed by atoms with van der Waals surface area (Å²) in [6.45, 7) is 0.308. The van der Waals surface area contributed by atoms with Crippen molar-refractivity contribution in [2.24, 2.45) is 0 Å². The first kappa shape index (κ1) is 15.1. The molecule has 0 aliphatic rings. The molecule has 0 unspecified atom stereocenters. The molecule has 4 nitrogen and oxygen atoms in total. The van der Waals surface area contributed by atoms with E-state index in [4.69, 9.17) is 5.11 Å². The molecule has 19 heavy (non-hydrogen) atoms. The minimum absolute atomic E-state index is 0.0245. The second-order valence-electron chi connectivity index (χ2n) is 3.75. The number of hydrogen-bond acceptors (Lipinski definition) is 5. The first-order valence-corrected chi connectivity index (χ1v) is 9.40. The Labute approximate surface area is 128 Å². The zero-order chi connectivity index (χ0) is 13.9. The molecule has 8 heteroatoms. The van der Waals surface area contributed by atoms with E-state index >= 15 is 0 Å². The van der Waals surface area contributed by atoms with Gasteiger partial charge in [-0.05, 0) is 34.1 Å². The molecule has 0 saturated heterocycles. The van der Waals surface area contributed by atoms with Gasteiger partial charge < -0.3 is 5.11 Å². The summed E-state index contributed by atoms with van der Waals surface area (Å²) in [5.41, 5.74) is 0. The Bertz CT molecular complexity index is 648. The van der Waals surface area contributed by atoms with Crippen LogP contribution in [-0.2, 0) is 23.0 Å². The monoisotopic (exact) mass is 381 g/mol. The molecule has 0 amide bonds. The molecule has 0 spiro atoms. The highest BCUT2D eigenvalue weighted by Crippen LogP contribution is 2.23. The molecule has 0 aliphatic heterocycles. The van der Waals surface area contributed by atoms with E-state index in [-0.39, 0.29) is 17.4 Å². The molecule has 0 aromatic carbocycles. The third-order valence-electron chi connectivity index (χ3n) is 2.32. The number of rotatable bonds is 6. The summed E-state index contributed by atoms with van der Waals surface area (Å²) in [5.74, 6) is 0. The van der Waals surface area contributed by atoms with E-state index in [9.17, 15) is 8.42 Å². The van der Waals surface area contributed by atoms with Gasteiger partial charge in [0.1, 0.15) is 4.21 Å². The molecule has 104 valence electrons. The van der Waals surface area contributed by atoms with Crippen molar-refractivity contribution >= 4 is 48.6 Å². The molecule has 2 aromatic heterocycles. The number of thiophene rings is 2. The van der Waals surface area contributed by atoms with Crippen LogP contribution in [0.4, 0.5) is 0 Å². The third-order valence-corrected chi connectivity index (χ3v) is 7.05.